The highest BCUT2D eigenvalue weighted by Gasteiger charge is 2.16. The van der Waals surface area contributed by atoms with Gasteiger partial charge in [-0.05, 0) is 48.0 Å². The van der Waals surface area contributed by atoms with Crippen molar-refractivity contribution in [3.8, 4) is 22.9 Å². The van der Waals surface area contributed by atoms with Crippen molar-refractivity contribution in [2.75, 3.05) is 5.32 Å². The van der Waals surface area contributed by atoms with Gasteiger partial charge in [-0.2, -0.15) is 4.98 Å². The highest BCUT2D eigenvalue weighted by atomic mass is 16.5. The summed E-state index contributed by atoms with van der Waals surface area (Å²) in [5, 5.41) is 7.04. The average molecular weight is 448 g/mol. The predicted molar refractivity (Wildman–Crippen MR) is 128 cm³/mol. The minimum absolute atomic E-state index is 0.277. The summed E-state index contributed by atoms with van der Waals surface area (Å²) in [5.41, 5.74) is 2.70. The van der Waals surface area contributed by atoms with Crippen LogP contribution < -0.4 is 10.1 Å². The standard InChI is InChI=1S/C27H20N4O3/c32-27(22-13-5-7-15-24(22)33-21-11-2-1-3-12-21)29-23-14-6-4-9-19(23)17-25-30-26(31-34-25)20-10-8-16-28-18-20/h1-16,18H,17H2,(H,29,32). The Morgan fingerprint density at radius 1 is 0.882 bits per heavy atom. The minimum atomic E-state index is -0.277. The molecule has 0 aliphatic heterocycles. The van der Waals surface area contributed by atoms with Gasteiger partial charge in [-0.25, -0.2) is 0 Å². The molecular formula is C27H20N4O3. The zero-order valence-corrected chi connectivity index (χ0v) is 18.1. The number of rotatable bonds is 7. The monoisotopic (exact) mass is 448 g/mol. The number of hydrogen-bond donors (Lipinski definition) is 1. The largest absolute Gasteiger partial charge is 0.457 e. The maximum atomic E-state index is 13.2. The number of anilines is 1. The zero-order chi connectivity index (χ0) is 23.2. The molecule has 0 saturated heterocycles. The normalized spacial score (nSPS) is 10.6. The van der Waals surface area contributed by atoms with Crippen LogP contribution in [0.1, 0.15) is 21.8 Å². The van der Waals surface area contributed by atoms with Crippen LogP contribution in [0.15, 0.2) is 108 Å². The lowest BCUT2D eigenvalue weighted by atomic mass is 10.1. The van der Waals surface area contributed by atoms with Crippen molar-refractivity contribution in [1.82, 2.24) is 15.1 Å². The summed E-state index contributed by atoms with van der Waals surface area (Å²) in [4.78, 5) is 21.7. The third-order valence-electron chi connectivity index (χ3n) is 5.10. The molecule has 5 aromatic rings. The van der Waals surface area contributed by atoms with E-state index in [9.17, 15) is 4.79 Å². The van der Waals surface area contributed by atoms with Crippen molar-refractivity contribution in [2.24, 2.45) is 0 Å². The summed E-state index contributed by atoms with van der Waals surface area (Å²) in [6.45, 7) is 0. The molecule has 3 aromatic carbocycles. The first-order valence-corrected chi connectivity index (χ1v) is 10.7. The van der Waals surface area contributed by atoms with Crippen molar-refractivity contribution in [3.05, 3.63) is 120 Å². The van der Waals surface area contributed by atoms with Crippen LogP contribution in [0.2, 0.25) is 0 Å². The van der Waals surface area contributed by atoms with E-state index < -0.39 is 0 Å². The molecule has 166 valence electrons. The number of nitrogens with zero attached hydrogens (tertiary/aromatic N) is 3. The summed E-state index contributed by atoms with van der Waals surface area (Å²) in [6, 6.07) is 27.7. The number of pyridine rings is 1. The van der Waals surface area contributed by atoms with Gasteiger partial charge in [0, 0.05) is 23.6 Å². The Bertz CT molecular complexity index is 1400. The number of hydrogen-bond acceptors (Lipinski definition) is 6. The van der Waals surface area contributed by atoms with Crippen LogP contribution in [-0.4, -0.2) is 21.0 Å². The van der Waals surface area contributed by atoms with Crippen molar-refractivity contribution >= 4 is 11.6 Å². The molecule has 0 atom stereocenters. The summed E-state index contributed by atoms with van der Waals surface area (Å²) in [6.07, 6.45) is 3.73. The molecule has 0 saturated carbocycles. The molecule has 2 heterocycles. The molecule has 7 heteroatoms. The maximum absolute atomic E-state index is 13.2. The molecule has 34 heavy (non-hydrogen) atoms. The Balaban J connectivity index is 1.35. The molecule has 0 aliphatic carbocycles. The molecule has 0 spiro atoms. The second-order valence-electron chi connectivity index (χ2n) is 7.45. The summed E-state index contributed by atoms with van der Waals surface area (Å²) in [5.74, 6) is 1.76. The van der Waals surface area contributed by atoms with Gasteiger partial charge in [0.25, 0.3) is 5.91 Å². The second-order valence-corrected chi connectivity index (χ2v) is 7.45. The Labute approximate surface area is 196 Å². The summed E-state index contributed by atoms with van der Waals surface area (Å²) < 4.78 is 11.4. The van der Waals surface area contributed by atoms with Crippen molar-refractivity contribution < 1.29 is 14.1 Å². The van der Waals surface area contributed by atoms with Gasteiger partial charge in [0.05, 0.1) is 12.0 Å². The number of amides is 1. The Morgan fingerprint density at radius 2 is 1.68 bits per heavy atom. The SMILES string of the molecule is O=C(Nc1ccccc1Cc1nc(-c2cccnc2)no1)c1ccccc1Oc1ccccc1. The van der Waals surface area contributed by atoms with E-state index in [0.717, 1.165) is 11.1 Å². The Hall–Kier alpha value is -4.78. The first kappa shape index (κ1) is 21.1. The molecule has 0 radical (unpaired) electrons. The number of aromatic nitrogens is 3. The number of benzene rings is 3. The van der Waals surface area contributed by atoms with Crippen LogP contribution in [0, 0.1) is 0 Å². The fourth-order valence-electron chi connectivity index (χ4n) is 3.45. The van der Waals surface area contributed by atoms with Gasteiger partial charge >= 0.3 is 0 Å². The van der Waals surface area contributed by atoms with Crippen LogP contribution in [0.5, 0.6) is 11.5 Å². The van der Waals surface area contributed by atoms with E-state index in [0.29, 0.717) is 40.9 Å². The third-order valence-corrected chi connectivity index (χ3v) is 5.10. The molecule has 0 fully saturated rings. The van der Waals surface area contributed by atoms with E-state index >= 15 is 0 Å². The molecule has 1 amide bonds. The van der Waals surface area contributed by atoms with E-state index in [1.54, 1.807) is 30.6 Å². The van der Waals surface area contributed by atoms with Gasteiger partial charge in [0.15, 0.2) is 0 Å². The number of ether oxygens (including phenoxy) is 1. The number of carbonyl (C=O) groups excluding carboxylic acids is 1. The van der Waals surface area contributed by atoms with Crippen molar-refractivity contribution in [1.29, 1.82) is 0 Å². The number of para-hydroxylation sites is 3. The first-order valence-electron chi connectivity index (χ1n) is 10.7. The lowest BCUT2D eigenvalue weighted by Crippen LogP contribution is -2.14. The van der Waals surface area contributed by atoms with Gasteiger partial charge in [-0.15, -0.1) is 0 Å². The Morgan fingerprint density at radius 3 is 2.53 bits per heavy atom. The third kappa shape index (κ3) is 4.83. The van der Waals surface area contributed by atoms with Crippen LogP contribution >= 0.6 is 0 Å². The van der Waals surface area contributed by atoms with E-state index in [2.05, 4.69) is 20.4 Å². The lowest BCUT2D eigenvalue weighted by molar-refractivity contribution is 0.102. The van der Waals surface area contributed by atoms with Crippen LogP contribution in [0.3, 0.4) is 0 Å². The fourth-order valence-corrected chi connectivity index (χ4v) is 3.45. The lowest BCUT2D eigenvalue weighted by Gasteiger charge is -2.13. The first-order chi connectivity index (χ1) is 16.8. The summed E-state index contributed by atoms with van der Waals surface area (Å²) >= 11 is 0. The molecule has 5 rings (SSSR count). The topological polar surface area (TPSA) is 90.1 Å². The predicted octanol–water partition coefficient (Wildman–Crippen LogP) is 5.77. The molecule has 2 aromatic heterocycles. The van der Waals surface area contributed by atoms with Crippen molar-refractivity contribution in [3.63, 3.8) is 0 Å². The quantitative estimate of drug-likeness (QED) is 0.340. The van der Waals surface area contributed by atoms with Gasteiger partial charge in [-0.3, -0.25) is 9.78 Å². The van der Waals surface area contributed by atoms with Gasteiger partial charge in [0.1, 0.15) is 11.5 Å². The number of nitrogens with one attached hydrogen (secondary N) is 1. The highest BCUT2D eigenvalue weighted by molar-refractivity contribution is 6.06. The van der Waals surface area contributed by atoms with Gasteiger partial charge < -0.3 is 14.6 Å². The second kappa shape index (κ2) is 9.79. The number of carbonyl (C=O) groups is 1. The van der Waals surface area contributed by atoms with E-state index in [-0.39, 0.29) is 5.91 Å². The van der Waals surface area contributed by atoms with Gasteiger partial charge in [0.2, 0.25) is 11.7 Å². The highest BCUT2D eigenvalue weighted by Crippen LogP contribution is 2.27. The summed E-state index contributed by atoms with van der Waals surface area (Å²) in [7, 11) is 0. The van der Waals surface area contributed by atoms with E-state index in [4.69, 9.17) is 9.26 Å². The fraction of sp³-hybridized carbons (Fsp3) is 0.0370. The average Bonchev–Trinajstić information content (AvgIpc) is 3.35. The molecule has 7 nitrogen and oxygen atoms in total. The van der Waals surface area contributed by atoms with Crippen LogP contribution in [0.25, 0.3) is 11.4 Å². The van der Waals surface area contributed by atoms with Crippen LogP contribution in [-0.2, 0) is 6.42 Å². The van der Waals surface area contributed by atoms with E-state index in [1.165, 1.54) is 0 Å². The smallest absolute Gasteiger partial charge is 0.259 e. The molecular weight excluding hydrogens is 428 g/mol. The molecule has 0 unspecified atom stereocenters. The maximum Gasteiger partial charge on any atom is 0.259 e. The minimum Gasteiger partial charge on any atom is -0.457 e. The molecule has 0 bridgehead atoms. The molecule has 1 N–H and O–H groups in total. The Kier molecular flexibility index (Phi) is 6.07. The van der Waals surface area contributed by atoms with Crippen molar-refractivity contribution in [2.45, 2.75) is 6.42 Å². The van der Waals surface area contributed by atoms with Crippen LogP contribution in [0.4, 0.5) is 5.69 Å². The van der Waals surface area contributed by atoms with E-state index in [1.807, 2.05) is 72.8 Å². The molecule has 0 aliphatic rings. The van der Waals surface area contributed by atoms with Gasteiger partial charge in [-0.1, -0.05) is 53.7 Å². The zero-order valence-electron chi connectivity index (χ0n) is 18.1.